The zero-order chi connectivity index (χ0) is 24.1. The van der Waals surface area contributed by atoms with Gasteiger partial charge in [0.1, 0.15) is 5.75 Å². The van der Waals surface area contributed by atoms with Crippen molar-refractivity contribution in [3.05, 3.63) is 59.9 Å². The van der Waals surface area contributed by atoms with Gasteiger partial charge in [0.25, 0.3) is 5.91 Å². The lowest BCUT2D eigenvalue weighted by Crippen LogP contribution is -2.60. The number of amides is 1. The molecule has 2 aliphatic heterocycles. The fraction of sp³-hybridized carbons (Fsp3) is 0.409. The van der Waals surface area contributed by atoms with Gasteiger partial charge in [0.15, 0.2) is 0 Å². The highest BCUT2D eigenvalue weighted by Gasteiger charge is 2.51. The number of alkyl halides is 3. The molecular formula is C22H23F3N2O5S. The first-order chi connectivity index (χ1) is 15.6. The highest BCUT2D eigenvalue weighted by molar-refractivity contribution is 8.01. The van der Waals surface area contributed by atoms with Crippen molar-refractivity contribution in [3.63, 3.8) is 0 Å². The molecular weight excluding hydrogens is 461 g/mol. The number of hydrogen-bond acceptors (Lipinski definition) is 6. The summed E-state index contributed by atoms with van der Waals surface area (Å²) in [7, 11) is 1.61. The van der Waals surface area contributed by atoms with Gasteiger partial charge in [-0.3, -0.25) is 9.78 Å². The van der Waals surface area contributed by atoms with E-state index in [0.29, 0.717) is 17.9 Å². The summed E-state index contributed by atoms with van der Waals surface area (Å²) < 4.78 is 43.2. The van der Waals surface area contributed by atoms with E-state index < -0.39 is 12.1 Å². The van der Waals surface area contributed by atoms with E-state index in [0.717, 1.165) is 30.8 Å². The molecule has 178 valence electrons. The van der Waals surface area contributed by atoms with Gasteiger partial charge in [0.05, 0.1) is 24.6 Å². The quantitative estimate of drug-likeness (QED) is 0.693. The number of halogens is 3. The Morgan fingerprint density at radius 2 is 2.00 bits per heavy atom. The Hall–Kier alpha value is -2.79. The minimum Gasteiger partial charge on any atom is -0.497 e. The molecule has 4 rings (SSSR count). The van der Waals surface area contributed by atoms with E-state index in [1.807, 2.05) is 53.2 Å². The second kappa shape index (κ2) is 10.4. The first kappa shape index (κ1) is 24.8. The third-order valence-electron chi connectivity index (χ3n) is 5.19. The molecule has 0 saturated carbocycles. The number of pyridine rings is 1. The molecule has 2 fully saturated rings. The minimum atomic E-state index is -5.08. The van der Waals surface area contributed by atoms with Crippen molar-refractivity contribution in [1.29, 1.82) is 0 Å². The van der Waals surface area contributed by atoms with Crippen LogP contribution in [0.2, 0.25) is 0 Å². The Morgan fingerprint density at radius 3 is 2.61 bits per heavy atom. The van der Waals surface area contributed by atoms with Gasteiger partial charge in [-0.2, -0.15) is 13.2 Å². The summed E-state index contributed by atoms with van der Waals surface area (Å²) in [6.07, 6.45) is -0.226. The number of carboxylic acid groups (broad SMARTS) is 1. The molecule has 0 bridgehead atoms. The smallest absolute Gasteiger partial charge is 0.490 e. The third-order valence-corrected chi connectivity index (χ3v) is 6.76. The molecule has 0 radical (unpaired) electrons. The van der Waals surface area contributed by atoms with Crippen LogP contribution in [0.25, 0.3) is 0 Å². The van der Waals surface area contributed by atoms with Crippen LogP contribution in [0.5, 0.6) is 5.75 Å². The molecule has 7 nitrogen and oxygen atoms in total. The summed E-state index contributed by atoms with van der Waals surface area (Å²) >= 11 is 1.94. The molecule has 0 aliphatic carbocycles. The second-order valence-corrected chi connectivity index (χ2v) is 9.18. The SMILES string of the molecule is COc1cccc(C(=O)N2CC3(CC(OCc4cccnc4)CS3)C2)c1.O=C(O)C(F)(F)F. The Kier molecular flexibility index (Phi) is 7.85. The van der Waals surface area contributed by atoms with E-state index in [2.05, 4.69) is 4.98 Å². The zero-order valence-electron chi connectivity index (χ0n) is 17.7. The van der Waals surface area contributed by atoms with Crippen LogP contribution in [0.1, 0.15) is 22.3 Å². The van der Waals surface area contributed by atoms with Crippen LogP contribution >= 0.6 is 11.8 Å². The topological polar surface area (TPSA) is 89.0 Å². The Balaban J connectivity index is 0.000000383. The van der Waals surface area contributed by atoms with Crippen LogP contribution in [-0.4, -0.2) is 69.8 Å². The fourth-order valence-corrected chi connectivity index (χ4v) is 5.11. The Morgan fingerprint density at radius 1 is 1.27 bits per heavy atom. The molecule has 1 atom stereocenters. The lowest BCUT2D eigenvalue weighted by molar-refractivity contribution is -0.192. The first-order valence-corrected chi connectivity index (χ1v) is 11.0. The summed E-state index contributed by atoms with van der Waals surface area (Å²) in [4.78, 5) is 27.6. The van der Waals surface area contributed by atoms with Crippen molar-refractivity contribution in [2.75, 3.05) is 26.0 Å². The molecule has 2 saturated heterocycles. The molecule has 3 heterocycles. The average Bonchev–Trinajstić information content (AvgIpc) is 3.21. The van der Waals surface area contributed by atoms with Crippen LogP contribution < -0.4 is 4.74 Å². The molecule has 2 aliphatic rings. The summed E-state index contributed by atoms with van der Waals surface area (Å²) in [5, 5.41) is 7.12. The predicted octanol–water partition coefficient (Wildman–Crippen LogP) is 3.64. The fourth-order valence-electron chi connectivity index (χ4n) is 3.56. The van der Waals surface area contributed by atoms with Gasteiger partial charge in [-0.15, -0.1) is 11.8 Å². The maximum absolute atomic E-state index is 12.7. The van der Waals surface area contributed by atoms with Crippen molar-refractivity contribution in [3.8, 4) is 5.75 Å². The number of likely N-dealkylation sites (tertiary alicyclic amines) is 1. The molecule has 2 aromatic rings. The van der Waals surface area contributed by atoms with Crippen LogP contribution in [0, 0.1) is 0 Å². The van der Waals surface area contributed by atoms with Gasteiger partial charge in [0.2, 0.25) is 0 Å². The summed E-state index contributed by atoms with van der Waals surface area (Å²) in [6.45, 7) is 2.18. The summed E-state index contributed by atoms with van der Waals surface area (Å²) in [5.41, 5.74) is 1.79. The van der Waals surface area contributed by atoms with Crippen LogP contribution in [0.4, 0.5) is 13.2 Å². The van der Waals surface area contributed by atoms with E-state index in [9.17, 15) is 18.0 Å². The number of aliphatic carboxylic acids is 1. The standard InChI is InChI=1S/C20H22N2O3S.C2HF3O2/c1-24-17-6-2-5-16(8-17)19(23)22-13-20(14-22)9-18(12-26-20)25-11-15-4-3-7-21-10-15;3-2(4,5)1(6)7/h2-8,10,18H,9,11-14H2,1H3;(H,6,7). The zero-order valence-corrected chi connectivity index (χ0v) is 18.6. The Labute approximate surface area is 192 Å². The highest BCUT2D eigenvalue weighted by Crippen LogP contribution is 2.46. The molecule has 1 N–H and O–H groups in total. The number of aromatic nitrogens is 1. The number of carboxylic acids is 1. The van der Waals surface area contributed by atoms with Crippen molar-refractivity contribution >= 4 is 23.6 Å². The molecule has 1 spiro atoms. The number of carbonyl (C=O) groups excluding carboxylic acids is 1. The second-order valence-electron chi connectivity index (χ2n) is 7.69. The lowest BCUT2D eigenvalue weighted by atomic mass is 9.92. The number of nitrogens with zero attached hydrogens (tertiary/aromatic N) is 2. The number of thioether (sulfide) groups is 1. The normalized spacial score (nSPS) is 18.8. The van der Waals surface area contributed by atoms with Crippen LogP contribution in [-0.2, 0) is 16.1 Å². The van der Waals surface area contributed by atoms with Crippen LogP contribution in [0.15, 0.2) is 48.8 Å². The average molecular weight is 484 g/mol. The van der Waals surface area contributed by atoms with Gasteiger partial charge in [-0.1, -0.05) is 12.1 Å². The van der Waals surface area contributed by atoms with Crippen molar-refractivity contribution in [2.24, 2.45) is 0 Å². The van der Waals surface area contributed by atoms with Gasteiger partial charge in [0, 0.05) is 36.8 Å². The van der Waals surface area contributed by atoms with E-state index >= 15 is 0 Å². The Bertz CT molecular complexity index is 968. The van der Waals surface area contributed by atoms with Gasteiger partial charge >= 0.3 is 12.1 Å². The maximum atomic E-state index is 12.7. The summed E-state index contributed by atoms with van der Waals surface area (Å²) in [5.74, 6) is -0.978. The molecule has 1 amide bonds. The largest absolute Gasteiger partial charge is 0.497 e. The number of methoxy groups -OCH3 is 1. The van der Waals surface area contributed by atoms with Crippen molar-refractivity contribution in [1.82, 2.24) is 9.88 Å². The van der Waals surface area contributed by atoms with Crippen molar-refractivity contribution in [2.45, 2.75) is 30.1 Å². The van der Waals surface area contributed by atoms with Crippen molar-refractivity contribution < 1.29 is 37.3 Å². The number of carbonyl (C=O) groups is 2. The molecule has 1 aromatic heterocycles. The number of benzene rings is 1. The van der Waals surface area contributed by atoms with Gasteiger partial charge < -0.3 is 19.5 Å². The van der Waals surface area contributed by atoms with E-state index in [1.54, 1.807) is 19.4 Å². The van der Waals surface area contributed by atoms with Gasteiger partial charge in [-0.05, 0) is 36.2 Å². The number of ether oxygens (including phenoxy) is 2. The predicted molar refractivity (Wildman–Crippen MR) is 115 cm³/mol. The highest BCUT2D eigenvalue weighted by atomic mass is 32.2. The molecule has 33 heavy (non-hydrogen) atoms. The van der Waals surface area contributed by atoms with Crippen LogP contribution in [0.3, 0.4) is 0 Å². The molecule has 1 aromatic carbocycles. The molecule has 11 heteroatoms. The number of hydrogen-bond donors (Lipinski definition) is 1. The van der Waals surface area contributed by atoms with E-state index in [4.69, 9.17) is 19.4 Å². The lowest BCUT2D eigenvalue weighted by Gasteiger charge is -2.47. The first-order valence-electron chi connectivity index (χ1n) is 10.00. The monoisotopic (exact) mass is 484 g/mol. The molecule has 1 unspecified atom stereocenters. The van der Waals surface area contributed by atoms with Gasteiger partial charge in [-0.25, -0.2) is 4.79 Å². The number of rotatable bonds is 5. The summed E-state index contributed by atoms with van der Waals surface area (Å²) in [6, 6.07) is 11.3. The van der Waals surface area contributed by atoms with E-state index in [-0.39, 0.29) is 16.8 Å². The third kappa shape index (κ3) is 6.61. The minimum absolute atomic E-state index is 0.0786. The van der Waals surface area contributed by atoms with E-state index in [1.165, 1.54) is 0 Å². The maximum Gasteiger partial charge on any atom is 0.490 e.